The zero-order valence-corrected chi connectivity index (χ0v) is 18.4. The number of rotatable bonds is 7. The predicted molar refractivity (Wildman–Crippen MR) is 117 cm³/mol. The normalized spacial score (nSPS) is 20.8. The van der Waals surface area contributed by atoms with E-state index in [9.17, 15) is 0 Å². The van der Waals surface area contributed by atoms with E-state index in [1.54, 1.807) is 9.80 Å². The molecule has 0 bridgehead atoms. The molecular weight excluding hydrogens is 372 g/mol. The molecular formula is C24H34N6+2. The summed E-state index contributed by atoms with van der Waals surface area (Å²) in [5.74, 6) is 0.981. The van der Waals surface area contributed by atoms with Crippen LogP contribution in [0.1, 0.15) is 50.2 Å². The van der Waals surface area contributed by atoms with Crippen LogP contribution in [0.3, 0.4) is 0 Å². The molecule has 2 heterocycles. The molecule has 1 aromatic heterocycles. The Labute approximate surface area is 179 Å². The first-order valence-corrected chi connectivity index (χ1v) is 11.1. The van der Waals surface area contributed by atoms with Crippen molar-refractivity contribution < 1.29 is 9.80 Å². The van der Waals surface area contributed by atoms with Gasteiger partial charge in [0, 0.05) is 11.1 Å². The van der Waals surface area contributed by atoms with Crippen molar-refractivity contribution in [3.8, 4) is 0 Å². The van der Waals surface area contributed by atoms with Crippen molar-refractivity contribution in [2.45, 2.75) is 45.3 Å². The lowest BCUT2D eigenvalue weighted by atomic mass is 9.99. The lowest BCUT2D eigenvalue weighted by molar-refractivity contribution is -1.03. The second-order valence-corrected chi connectivity index (χ2v) is 9.03. The molecule has 1 aliphatic rings. The van der Waals surface area contributed by atoms with Gasteiger partial charge in [0.15, 0.2) is 6.04 Å². The second-order valence-electron chi connectivity index (χ2n) is 9.03. The molecule has 2 aromatic carbocycles. The summed E-state index contributed by atoms with van der Waals surface area (Å²) in [5, 5.41) is 13.0. The van der Waals surface area contributed by atoms with Gasteiger partial charge in [0.2, 0.25) is 5.82 Å². The van der Waals surface area contributed by atoms with Gasteiger partial charge in [-0.3, -0.25) is 0 Å². The predicted octanol–water partition coefficient (Wildman–Crippen LogP) is 0.891. The zero-order valence-electron chi connectivity index (χ0n) is 18.4. The highest BCUT2D eigenvalue weighted by Crippen LogP contribution is 2.24. The van der Waals surface area contributed by atoms with E-state index in [2.05, 4.69) is 102 Å². The first-order valence-electron chi connectivity index (χ1n) is 11.1. The van der Waals surface area contributed by atoms with Crippen molar-refractivity contribution in [2.75, 3.05) is 26.2 Å². The molecule has 0 radical (unpaired) electrons. The summed E-state index contributed by atoms with van der Waals surface area (Å²) in [6.45, 7) is 12.3. The largest absolute Gasteiger partial charge is 0.322 e. The number of aromatic nitrogens is 4. The molecule has 0 aliphatic carbocycles. The second kappa shape index (κ2) is 9.06. The Morgan fingerprint density at radius 2 is 1.57 bits per heavy atom. The number of quaternary nitrogens is 2. The lowest BCUT2D eigenvalue weighted by Gasteiger charge is -2.35. The third-order valence-electron chi connectivity index (χ3n) is 6.63. The molecule has 0 amide bonds. The molecule has 4 rings (SSSR count). The third kappa shape index (κ3) is 4.45. The first kappa shape index (κ1) is 20.7. The van der Waals surface area contributed by atoms with Crippen LogP contribution in [0.5, 0.6) is 0 Å². The van der Waals surface area contributed by atoms with Crippen molar-refractivity contribution in [2.24, 2.45) is 0 Å². The average Bonchev–Trinajstić information content (AvgIpc) is 3.27. The Morgan fingerprint density at radius 1 is 0.933 bits per heavy atom. The van der Waals surface area contributed by atoms with Crippen LogP contribution in [0.2, 0.25) is 0 Å². The van der Waals surface area contributed by atoms with E-state index in [0.29, 0.717) is 0 Å². The van der Waals surface area contributed by atoms with Crippen molar-refractivity contribution >= 4 is 0 Å². The fourth-order valence-corrected chi connectivity index (χ4v) is 4.44. The summed E-state index contributed by atoms with van der Waals surface area (Å²) in [4.78, 5) is 3.21. The first-order chi connectivity index (χ1) is 14.6. The topological polar surface area (TPSA) is 52.5 Å². The van der Waals surface area contributed by atoms with E-state index in [-0.39, 0.29) is 11.6 Å². The number of piperazine rings is 1. The van der Waals surface area contributed by atoms with Crippen LogP contribution in [0.25, 0.3) is 0 Å². The van der Waals surface area contributed by atoms with Gasteiger partial charge in [0.1, 0.15) is 32.7 Å². The van der Waals surface area contributed by atoms with Crippen LogP contribution >= 0.6 is 0 Å². The highest BCUT2D eigenvalue weighted by atomic mass is 15.6. The van der Waals surface area contributed by atoms with Gasteiger partial charge in [-0.05, 0) is 30.7 Å². The molecule has 1 saturated heterocycles. The van der Waals surface area contributed by atoms with Gasteiger partial charge in [-0.1, -0.05) is 67.6 Å². The van der Waals surface area contributed by atoms with Crippen LogP contribution in [0.15, 0.2) is 60.7 Å². The molecule has 3 aromatic rings. The molecule has 30 heavy (non-hydrogen) atoms. The van der Waals surface area contributed by atoms with Gasteiger partial charge in [-0.2, -0.15) is 0 Å². The molecule has 6 heteroatoms. The van der Waals surface area contributed by atoms with Crippen LogP contribution in [0, 0.1) is 0 Å². The summed E-state index contributed by atoms with van der Waals surface area (Å²) >= 11 is 0. The summed E-state index contributed by atoms with van der Waals surface area (Å²) in [5.41, 5.74) is 2.61. The Hall–Kier alpha value is -2.57. The smallest absolute Gasteiger partial charge is 0.214 e. The van der Waals surface area contributed by atoms with Gasteiger partial charge in [-0.25, -0.2) is 4.68 Å². The Bertz CT molecular complexity index is 913. The minimum absolute atomic E-state index is 0.105. The SMILES string of the molecule is CCC(C)(C)n1nnnc1[C@@H](c1ccccc1)[NH+]1CC[NH+](Cc2ccccc2)CC1. The molecule has 0 spiro atoms. The minimum atomic E-state index is -0.105. The van der Waals surface area contributed by atoms with E-state index < -0.39 is 0 Å². The lowest BCUT2D eigenvalue weighted by Crippen LogP contribution is -3.27. The van der Waals surface area contributed by atoms with Crippen molar-refractivity contribution in [1.29, 1.82) is 0 Å². The van der Waals surface area contributed by atoms with Crippen LogP contribution in [-0.2, 0) is 12.1 Å². The van der Waals surface area contributed by atoms with E-state index >= 15 is 0 Å². The van der Waals surface area contributed by atoms with E-state index in [4.69, 9.17) is 0 Å². The van der Waals surface area contributed by atoms with E-state index in [1.165, 1.54) is 11.1 Å². The van der Waals surface area contributed by atoms with Gasteiger partial charge in [0.25, 0.3) is 0 Å². The molecule has 1 aliphatic heterocycles. The number of benzene rings is 2. The van der Waals surface area contributed by atoms with Gasteiger partial charge < -0.3 is 9.80 Å². The van der Waals surface area contributed by atoms with Crippen molar-refractivity contribution in [1.82, 2.24) is 20.2 Å². The molecule has 2 N–H and O–H groups in total. The van der Waals surface area contributed by atoms with Crippen molar-refractivity contribution in [3.63, 3.8) is 0 Å². The molecule has 0 unspecified atom stereocenters. The third-order valence-corrected chi connectivity index (χ3v) is 6.63. The highest BCUT2D eigenvalue weighted by molar-refractivity contribution is 5.22. The van der Waals surface area contributed by atoms with Gasteiger partial charge >= 0.3 is 0 Å². The molecule has 0 saturated carbocycles. The number of hydrogen-bond donors (Lipinski definition) is 2. The quantitative estimate of drug-likeness (QED) is 0.613. The average molecular weight is 407 g/mol. The Balaban J connectivity index is 1.56. The Morgan fingerprint density at radius 3 is 2.20 bits per heavy atom. The fraction of sp³-hybridized carbons (Fsp3) is 0.458. The minimum Gasteiger partial charge on any atom is -0.322 e. The summed E-state index contributed by atoms with van der Waals surface area (Å²) in [7, 11) is 0. The molecule has 158 valence electrons. The molecule has 1 atom stereocenters. The Kier molecular flexibility index (Phi) is 6.25. The summed E-state index contributed by atoms with van der Waals surface area (Å²) in [6.07, 6.45) is 0.983. The number of nitrogens with zero attached hydrogens (tertiary/aromatic N) is 4. The zero-order chi connectivity index (χ0) is 21.0. The van der Waals surface area contributed by atoms with Crippen LogP contribution < -0.4 is 9.80 Å². The van der Waals surface area contributed by atoms with Crippen LogP contribution in [-0.4, -0.2) is 46.4 Å². The maximum Gasteiger partial charge on any atom is 0.214 e. The summed E-state index contributed by atoms with van der Waals surface area (Å²) < 4.78 is 2.06. The maximum absolute atomic E-state index is 4.54. The monoisotopic (exact) mass is 406 g/mol. The van der Waals surface area contributed by atoms with Gasteiger partial charge in [-0.15, -0.1) is 5.10 Å². The van der Waals surface area contributed by atoms with E-state index in [0.717, 1.165) is 45.0 Å². The highest BCUT2D eigenvalue weighted by Gasteiger charge is 2.37. The molecule has 6 nitrogen and oxygen atoms in total. The van der Waals surface area contributed by atoms with Crippen molar-refractivity contribution in [3.05, 3.63) is 77.6 Å². The maximum atomic E-state index is 4.54. The van der Waals surface area contributed by atoms with E-state index in [1.807, 2.05) is 0 Å². The van der Waals surface area contributed by atoms with Crippen LogP contribution in [0.4, 0.5) is 0 Å². The fourth-order valence-electron chi connectivity index (χ4n) is 4.44. The number of tetrazole rings is 1. The number of hydrogen-bond acceptors (Lipinski definition) is 3. The summed E-state index contributed by atoms with van der Waals surface area (Å²) in [6, 6.07) is 21.8. The number of nitrogens with one attached hydrogen (secondary N) is 2. The van der Waals surface area contributed by atoms with Gasteiger partial charge in [0.05, 0.1) is 5.54 Å². The standard InChI is InChI=1S/C24H32N6/c1-4-24(2,3)30-23(25-26-27-30)22(21-13-9-6-10-14-21)29-17-15-28(16-18-29)19-20-11-7-5-8-12-20/h5-14,22H,4,15-19H2,1-3H3/p+2/t22-/m1/s1. The molecule has 1 fully saturated rings.